The maximum absolute atomic E-state index is 12.0. The van der Waals surface area contributed by atoms with E-state index in [1.54, 1.807) is 18.0 Å². The number of benzene rings is 1. The Kier molecular flexibility index (Phi) is 3.34. The number of furan rings is 1. The number of hydrogen-bond acceptors (Lipinski definition) is 3. The number of hydrogen-bond donors (Lipinski definition) is 0. The third-order valence-electron chi connectivity index (χ3n) is 3.24. The second-order valence-corrected chi connectivity index (χ2v) is 5.74. The van der Waals surface area contributed by atoms with Crippen LogP contribution in [0, 0.1) is 6.92 Å². The van der Waals surface area contributed by atoms with E-state index >= 15 is 0 Å². The fourth-order valence-corrected chi connectivity index (χ4v) is 3.39. The zero-order chi connectivity index (χ0) is 13.2. The molecule has 19 heavy (non-hydrogen) atoms. The van der Waals surface area contributed by atoms with Gasteiger partial charge in [0.25, 0.3) is 0 Å². The molecule has 1 saturated heterocycles. The topological polar surface area (TPSA) is 33.5 Å². The van der Waals surface area contributed by atoms with Gasteiger partial charge >= 0.3 is 0 Å². The van der Waals surface area contributed by atoms with Gasteiger partial charge in [-0.3, -0.25) is 4.79 Å². The van der Waals surface area contributed by atoms with E-state index in [2.05, 4.69) is 31.2 Å². The number of aryl methyl sites for hydroxylation is 1. The summed E-state index contributed by atoms with van der Waals surface area (Å²) in [5, 5.41) is 0.0956. The van der Waals surface area contributed by atoms with Crippen LogP contribution in [0.2, 0.25) is 0 Å². The van der Waals surface area contributed by atoms with Gasteiger partial charge in [-0.15, -0.1) is 11.8 Å². The molecule has 1 aromatic carbocycles. The lowest BCUT2D eigenvalue weighted by Crippen LogP contribution is -2.27. The number of carbonyl (C=O) groups excluding carboxylic acids is 1. The van der Waals surface area contributed by atoms with Gasteiger partial charge < -0.3 is 9.32 Å². The molecule has 1 atom stereocenters. The monoisotopic (exact) mass is 273 g/mol. The van der Waals surface area contributed by atoms with Crippen molar-refractivity contribution in [1.82, 2.24) is 4.90 Å². The summed E-state index contributed by atoms with van der Waals surface area (Å²) in [6.45, 7) is 2.61. The smallest absolute Gasteiger partial charge is 0.234 e. The Morgan fingerprint density at radius 1 is 1.32 bits per heavy atom. The minimum atomic E-state index is 0.0956. The van der Waals surface area contributed by atoms with Crippen molar-refractivity contribution >= 4 is 17.7 Å². The van der Waals surface area contributed by atoms with E-state index < -0.39 is 0 Å². The molecular weight excluding hydrogens is 258 g/mol. The summed E-state index contributed by atoms with van der Waals surface area (Å²) in [6, 6.07) is 12.1. The van der Waals surface area contributed by atoms with Crippen LogP contribution in [0.4, 0.5) is 0 Å². The Bertz CT molecular complexity index is 562. The Labute approximate surface area is 116 Å². The maximum atomic E-state index is 12.0. The lowest BCUT2D eigenvalue weighted by atomic mass is 10.1. The average Bonchev–Trinajstić information content (AvgIpc) is 3.03. The van der Waals surface area contributed by atoms with Gasteiger partial charge in [0, 0.05) is 0 Å². The molecule has 0 N–H and O–H groups in total. The van der Waals surface area contributed by atoms with Crippen molar-refractivity contribution < 1.29 is 9.21 Å². The predicted octanol–water partition coefficient (Wildman–Crippen LogP) is 3.36. The molecule has 98 valence electrons. The Morgan fingerprint density at radius 2 is 2.11 bits per heavy atom. The molecule has 3 nitrogen and oxygen atoms in total. The van der Waals surface area contributed by atoms with Crippen molar-refractivity contribution in [2.45, 2.75) is 18.8 Å². The summed E-state index contributed by atoms with van der Waals surface area (Å²) in [5.41, 5.74) is 2.41. The van der Waals surface area contributed by atoms with E-state index in [0.717, 1.165) is 5.76 Å². The highest BCUT2D eigenvalue weighted by atomic mass is 32.2. The molecule has 1 aromatic heterocycles. The van der Waals surface area contributed by atoms with Gasteiger partial charge in [-0.25, -0.2) is 0 Å². The molecule has 2 heterocycles. The normalized spacial score (nSPS) is 19.1. The highest BCUT2D eigenvalue weighted by molar-refractivity contribution is 8.00. The van der Waals surface area contributed by atoms with Gasteiger partial charge in [0.15, 0.2) is 0 Å². The van der Waals surface area contributed by atoms with E-state index in [1.807, 2.05) is 17.0 Å². The zero-order valence-corrected chi connectivity index (χ0v) is 11.5. The summed E-state index contributed by atoms with van der Waals surface area (Å²) in [6.07, 6.45) is 1.64. The van der Waals surface area contributed by atoms with Crippen LogP contribution in [0.1, 0.15) is 22.3 Å². The molecular formula is C15H15NO2S. The van der Waals surface area contributed by atoms with Crippen LogP contribution < -0.4 is 0 Å². The maximum Gasteiger partial charge on any atom is 0.234 e. The standard InChI is InChI=1S/C15H15NO2S/c1-11-4-6-12(7-5-11)15-16(14(17)10-19-15)9-13-3-2-8-18-13/h2-8,15H,9-10H2,1H3. The highest BCUT2D eigenvalue weighted by Crippen LogP contribution is 2.39. The van der Waals surface area contributed by atoms with Crippen LogP contribution in [0.25, 0.3) is 0 Å². The first-order valence-corrected chi connectivity index (χ1v) is 7.29. The molecule has 1 fully saturated rings. The third-order valence-corrected chi connectivity index (χ3v) is 4.49. The van der Waals surface area contributed by atoms with Crippen LogP contribution in [0.15, 0.2) is 47.1 Å². The molecule has 0 aliphatic carbocycles. The average molecular weight is 273 g/mol. The van der Waals surface area contributed by atoms with Crippen LogP contribution in [-0.4, -0.2) is 16.6 Å². The molecule has 4 heteroatoms. The summed E-state index contributed by atoms with van der Waals surface area (Å²) in [5.74, 6) is 1.54. The zero-order valence-electron chi connectivity index (χ0n) is 10.7. The third kappa shape index (κ3) is 2.54. The van der Waals surface area contributed by atoms with E-state index in [1.165, 1.54) is 11.1 Å². The largest absolute Gasteiger partial charge is 0.467 e. The van der Waals surface area contributed by atoms with Gasteiger partial charge in [0.05, 0.1) is 18.6 Å². The number of rotatable bonds is 3. The fourth-order valence-electron chi connectivity index (χ4n) is 2.20. The van der Waals surface area contributed by atoms with Crippen LogP contribution >= 0.6 is 11.8 Å². The number of carbonyl (C=O) groups is 1. The van der Waals surface area contributed by atoms with E-state index in [4.69, 9.17) is 4.42 Å². The Balaban J connectivity index is 1.83. The molecule has 0 spiro atoms. The van der Waals surface area contributed by atoms with Crippen molar-refractivity contribution in [2.24, 2.45) is 0 Å². The van der Waals surface area contributed by atoms with Crippen molar-refractivity contribution in [2.75, 3.05) is 5.75 Å². The molecule has 2 aromatic rings. The summed E-state index contributed by atoms with van der Waals surface area (Å²) in [7, 11) is 0. The van der Waals surface area contributed by atoms with Crippen LogP contribution in [0.5, 0.6) is 0 Å². The van der Waals surface area contributed by atoms with Gasteiger partial charge in [0.2, 0.25) is 5.91 Å². The number of amides is 1. The molecule has 1 aliphatic heterocycles. The molecule has 1 unspecified atom stereocenters. The second-order valence-electron chi connectivity index (χ2n) is 4.68. The molecule has 1 aliphatic rings. The van der Waals surface area contributed by atoms with Crippen molar-refractivity contribution in [3.8, 4) is 0 Å². The Morgan fingerprint density at radius 3 is 2.79 bits per heavy atom. The number of thioether (sulfide) groups is 1. The second kappa shape index (κ2) is 5.13. The SMILES string of the molecule is Cc1ccc(C2SCC(=O)N2Cc2ccco2)cc1. The minimum absolute atomic E-state index is 0.0956. The fraction of sp³-hybridized carbons (Fsp3) is 0.267. The molecule has 0 saturated carbocycles. The predicted molar refractivity (Wildman–Crippen MR) is 75.6 cm³/mol. The first-order chi connectivity index (χ1) is 9.24. The van der Waals surface area contributed by atoms with Crippen molar-refractivity contribution in [3.63, 3.8) is 0 Å². The number of nitrogens with zero attached hydrogens (tertiary/aromatic N) is 1. The van der Waals surface area contributed by atoms with Crippen molar-refractivity contribution in [1.29, 1.82) is 0 Å². The van der Waals surface area contributed by atoms with Crippen LogP contribution in [-0.2, 0) is 11.3 Å². The van der Waals surface area contributed by atoms with E-state index in [-0.39, 0.29) is 11.3 Å². The van der Waals surface area contributed by atoms with E-state index in [0.29, 0.717) is 12.3 Å². The van der Waals surface area contributed by atoms with Gasteiger partial charge in [0.1, 0.15) is 11.1 Å². The minimum Gasteiger partial charge on any atom is -0.467 e. The lowest BCUT2D eigenvalue weighted by molar-refractivity contribution is -0.128. The van der Waals surface area contributed by atoms with Gasteiger partial charge in [-0.05, 0) is 24.6 Å². The summed E-state index contributed by atoms with van der Waals surface area (Å²) >= 11 is 1.67. The van der Waals surface area contributed by atoms with E-state index in [9.17, 15) is 4.79 Å². The Hall–Kier alpha value is -1.68. The van der Waals surface area contributed by atoms with Gasteiger partial charge in [-0.1, -0.05) is 29.8 Å². The summed E-state index contributed by atoms with van der Waals surface area (Å²) < 4.78 is 5.34. The van der Waals surface area contributed by atoms with Crippen LogP contribution in [0.3, 0.4) is 0 Å². The molecule has 1 amide bonds. The highest BCUT2D eigenvalue weighted by Gasteiger charge is 2.33. The lowest BCUT2D eigenvalue weighted by Gasteiger charge is -2.23. The summed E-state index contributed by atoms with van der Waals surface area (Å²) in [4.78, 5) is 13.9. The molecule has 0 bridgehead atoms. The quantitative estimate of drug-likeness (QED) is 0.859. The molecule has 3 rings (SSSR count). The molecule has 0 radical (unpaired) electrons. The van der Waals surface area contributed by atoms with Gasteiger partial charge in [-0.2, -0.15) is 0 Å². The first kappa shape index (κ1) is 12.4. The first-order valence-electron chi connectivity index (χ1n) is 6.24. The van der Waals surface area contributed by atoms with Crippen molar-refractivity contribution in [3.05, 3.63) is 59.5 Å².